The van der Waals surface area contributed by atoms with Crippen molar-refractivity contribution < 1.29 is 0 Å². The lowest BCUT2D eigenvalue weighted by Crippen LogP contribution is -2.01. The molecular weight excluding hydrogens is 156 g/mol. The summed E-state index contributed by atoms with van der Waals surface area (Å²) in [6.07, 6.45) is 0. The maximum atomic E-state index is 3.72. The lowest BCUT2D eigenvalue weighted by atomic mass is 9.90. The summed E-state index contributed by atoms with van der Waals surface area (Å²) in [6.45, 7) is 14.6. The van der Waals surface area contributed by atoms with Crippen LogP contribution in [0.3, 0.4) is 0 Å². The van der Waals surface area contributed by atoms with Crippen molar-refractivity contribution in [3.8, 4) is 0 Å². The maximum absolute atomic E-state index is 3.72. The second kappa shape index (κ2) is 3.40. The molecule has 0 aromatic rings. The van der Waals surface area contributed by atoms with Crippen molar-refractivity contribution in [3.63, 3.8) is 0 Å². The normalized spacial score (nSPS) is 18.2. The Kier molecular flexibility index (Phi) is 2.63. The highest BCUT2D eigenvalue weighted by atomic mass is 14.3. The largest absolute Gasteiger partial charge is 0.129 e. The van der Waals surface area contributed by atoms with E-state index in [9.17, 15) is 0 Å². The molecule has 70 valence electrons. The predicted octanol–water partition coefficient (Wildman–Crippen LogP) is 4.02. The zero-order valence-corrected chi connectivity index (χ0v) is 9.28. The average molecular weight is 174 g/mol. The van der Waals surface area contributed by atoms with Gasteiger partial charge >= 0.3 is 0 Å². The van der Waals surface area contributed by atoms with Gasteiger partial charge in [-0.1, -0.05) is 17.7 Å². The molecule has 0 spiro atoms. The summed E-state index contributed by atoms with van der Waals surface area (Å²) in [4.78, 5) is 0. The van der Waals surface area contributed by atoms with Crippen LogP contribution in [0.15, 0.2) is 40.2 Å². The summed E-state index contributed by atoms with van der Waals surface area (Å²) in [6, 6.07) is 0. The summed E-state index contributed by atoms with van der Waals surface area (Å²) in [5, 5.41) is 0. The predicted molar refractivity (Wildman–Crippen MR) is 58.6 cm³/mol. The minimum absolute atomic E-state index is 0.470. The smallest absolute Gasteiger partial charge is 0.0295 e. The summed E-state index contributed by atoms with van der Waals surface area (Å²) in [7, 11) is 0. The summed E-state index contributed by atoms with van der Waals surface area (Å²) in [5.41, 5.74) is 10.1. The van der Waals surface area contributed by atoms with Gasteiger partial charge in [0, 0.05) is 5.92 Å². The molecular formula is C13H18. The third-order valence-electron chi connectivity index (χ3n) is 3.32. The van der Waals surface area contributed by atoms with Crippen molar-refractivity contribution >= 4 is 0 Å². The molecule has 0 aromatic carbocycles. The monoisotopic (exact) mass is 174 g/mol. The first-order chi connectivity index (χ1) is 6.00. The molecule has 0 N–H and O–H groups in total. The highest BCUT2D eigenvalue weighted by molar-refractivity contribution is 5.50. The first kappa shape index (κ1) is 10.1. The van der Waals surface area contributed by atoms with Gasteiger partial charge in [0.15, 0.2) is 0 Å². The van der Waals surface area contributed by atoms with Gasteiger partial charge in [-0.2, -0.15) is 0 Å². The molecule has 1 rings (SSSR count). The minimum atomic E-state index is 0.470. The van der Waals surface area contributed by atoms with Gasteiger partial charge in [0.2, 0.25) is 0 Å². The van der Waals surface area contributed by atoms with Crippen LogP contribution in [0.5, 0.6) is 0 Å². The molecule has 1 aliphatic rings. The summed E-state index contributed by atoms with van der Waals surface area (Å²) in [5.74, 6) is 0.470. The Labute approximate surface area is 81.4 Å². The Hall–Kier alpha value is -1.00. The highest BCUT2D eigenvalue weighted by Crippen LogP contribution is 2.39. The van der Waals surface area contributed by atoms with Crippen molar-refractivity contribution in [2.45, 2.75) is 34.6 Å². The number of rotatable bonds is 1. The van der Waals surface area contributed by atoms with Crippen LogP contribution in [0.1, 0.15) is 34.6 Å². The van der Waals surface area contributed by atoms with Crippen molar-refractivity contribution in [1.82, 2.24) is 0 Å². The molecule has 0 fully saturated rings. The SMILES string of the molecule is C=C=C(C)C1C(C)=C(C)C(C)=C1C. The van der Waals surface area contributed by atoms with Crippen LogP contribution in [0.2, 0.25) is 0 Å². The lowest BCUT2D eigenvalue weighted by Gasteiger charge is -2.13. The second-order valence-electron chi connectivity index (χ2n) is 3.91. The lowest BCUT2D eigenvalue weighted by molar-refractivity contribution is 0.846. The molecule has 0 heterocycles. The first-order valence-corrected chi connectivity index (χ1v) is 4.72. The van der Waals surface area contributed by atoms with Gasteiger partial charge in [0.05, 0.1) is 0 Å². The molecule has 0 saturated carbocycles. The van der Waals surface area contributed by atoms with E-state index in [1.807, 2.05) is 0 Å². The fraction of sp³-hybridized carbons (Fsp3) is 0.462. The molecule has 0 unspecified atom stereocenters. The van der Waals surface area contributed by atoms with Crippen LogP contribution in [0.4, 0.5) is 0 Å². The highest BCUT2D eigenvalue weighted by Gasteiger charge is 2.24. The first-order valence-electron chi connectivity index (χ1n) is 4.72. The van der Waals surface area contributed by atoms with Gasteiger partial charge < -0.3 is 0 Å². The fourth-order valence-electron chi connectivity index (χ4n) is 2.10. The Bertz CT molecular complexity index is 320. The fourth-order valence-corrected chi connectivity index (χ4v) is 2.10. The van der Waals surface area contributed by atoms with E-state index in [0.717, 1.165) is 0 Å². The van der Waals surface area contributed by atoms with E-state index in [1.54, 1.807) is 0 Å². The minimum Gasteiger partial charge on any atom is -0.129 e. The second-order valence-corrected chi connectivity index (χ2v) is 3.91. The molecule has 0 nitrogen and oxygen atoms in total. The van der Waals surface area contributed by atoms with Gasteiger partial charge in [0.25, 0.3) is 0 Å². The van der Waals surface area contributed by atoms with Crippen LogP contribution in [-0.4, -0.2) is 0 Å². The zero-order valence-electron chi connectivity index (χ0n) is 9.28. The summed E-state index contributed by atoms with van der Waals surface area (Å²) < 4.78 is 0. The molecule has 0 atom stereocenters. The van der Waals surface area contributed by atoms with Gasteiger partial charge in [-0.3, -0.25) is 0 Å². The number of hydrogen-bond donors (Lipinski definition) is 0. The van der Waals surface area contributed by atoms with Gasteiger partial charge in [-0.05, 0) is 51.3 Å². The van der Waals surface area contributed by atoms with E-state index >= 15 is 0 Å². The van der Waals surface area contributed by atoms with Crippen molar-refractivity contribution in [1.29, 1.82) is 0 Å². The topological polar surface area (TPSA) is 0 Å². The number of hydrogen-bond acceptors (Lipinski definition) is 0. The van der Waals surface area contributed by atoms with E-state index in [1.165, 1.54) is 27.9 Å². The molecule has 0 saturated heterocycles. The Morgan fingerprint density at radius 3 is 1.77 bits per heavy atom. The molecule has 0 heteroatoms. The van der Waals surface area contributed by atoms with E-state index in [4.69, 9.17) is 0 Å². The number of allylic oxidation sites excluding steroid dienone is 5. The third kappa shape index (κ3) is 1.43. The van der Waals surface area contributed by atoms with Crippen molar-refractivity contribution in [2.24, 2.45) is 5.92 Å². The molecule has 0 amide bonds. The zero-order chi connectivity index (χ0) is 10.2. The third-order valence-corrected chi connectivity index (χ3v) is 3.32. The van der Waals surface area contributed by atoms with Crippen LogP contribution >= 0.6 is 0 Å². The average Bonchev–Trinajstić information content (AvgIpc) is 2.30. The van der Waals surface area contributed by atoms with Crippen LogP contribution in [0.25, 0.3) is 0 Å². The molecule has 0 bridgehead atoms. The van der Waals surface area contributed by atoms with E-state index in [-0.39, 0.29) is 0 Å². The van der Waals surface area contributed by atoms with E-state index in [2.05, 4.69) is 46.9 Å². The molecule has 0 aromatic heterocycles. The van der Waals surface area contributed by atoms with E-state index < -0.39 is 0 Å². The Morgan fingerprint density at radius 2 is 1.46 bits per heavy atom. The Balaban J connectivity index is 3.25. The quantitative estimate of drug-likeness (QED) is 0.527. The van der Waals surface area contributed by atoms with Crippen molar-refractivity contribution in [3.05, 3.63) is 40.2 Å². The van der Waals surface area contributed by atoms with Crippen LogP contribution in [0, 0.1) is 5.92 Å². The van der Waals surface area contributed by atoms with Gasteiger partial charge in [-0.15, -0.1) is 5.73 Å². The maximum Gasteiger partial charge on any atom is 0.0295 e. The van der Waals surface area contributed by atoms with Crippen LogP contribution in [-0.2, 0) is 0 Å². The summed E-state index contributed by atoms with van der Waals surface area (Å²) >= 11 is 0. The van der Waals surface area contributed by atoms with E-state index in [0.29, 0.717) is 5.92 Å². The molecule has 0 radical (unpaired) electrons. The standard InChI is InChI=1S/C13H18/c1-7-8(2)13-11(5)9(3)10(4)12(13)6/h13H,1H2,2-6H3. The van der Waals surface area contributed by atoms with Crippen LogP contribution < -0.4 is 0 Å². The molecule has 1 aliphatic carbocycles. The molecule has 0 aliphatic heterocycles. The van der Waals surface area contributed by atoms with Crippen molar-refractivity contribution in [2.75, 3.05) is 0 Å². The molecule has 13 heavy (non-hydrogen) atoms. The Morgan fingerprint density at radius 1 is 1.08 bits per heavy atom. The van der Waals surface area contributed by atoms with Gasteiger partial charge in [-0.25, -0.2) is 0 Å². The van der Waals surface area contributed by atoms with Gasteiger partial charge in [0.1, 0.15) is 0 Å².